The van der Waals surface area contributed by atoms with Crippen molar-refractivity contribution in [2.45, 2.75) is 33.1 Å². The summed E-state index contributed by atoms with van der Waals surface area (Å²) < 4.78 is 3.86. The SMILES string of the molecule is C=C/C=c1\c(=C\c2cc(N(c3ccc(C(/C=C\CC)=C/C)cc3)c3cccc4ccccc34)ccc2-c2cccc3c4c(sc23)C=CCC4)sc2ccccc12. The van der Waals surface area contributed by atoms with Crippen LogP contribution < -0.4 is 14.7 Å². The number of thiophene rings is 2. The highest BCUT2D eigenvalue weighted by Gasteiger charge is 2.20. The van der Waals surface area contributed by atoms with Gasteiger partial charge in [-0.05, 0) is 113 Å². The standard InChI is InChI=1S/C53H43NS2/c1-4-7-17-36(6-3)37-28-30-40(31-29-37)54(49-25-14-19-38-18-8-9-20-43(38)49)41-32-33-42(47-23-15-24-48-46-22-11-13-27-51(46)56-53(47)48)39(34-41)35-52-44(16-5-2)45-21-10-12-26-50(45)55-52/h5-10,12-21,23-35H,2,4,11,22H2,1,3H3/b17-7-,36-6+,44-16-,52-35-. The molecule has 0 saturated heterocycles. The predicted molar refractivity (Wildman–Crippen MR) is 249 cm³/mol. The number of rotatable bonds is 9. The third kappa shape index (κ3) is 6.57. The summed E-state index contributed by atoms with van der Waals surface area (Å²) >= 11 is 3.77. The zero-order chi connectivity index (χ0) is 38.0. The maximum absolute atomic E-state index is 4.11. The molecule has 0 amide bonds. The van der Waals surface area contributed by atoms with Crippen LogP contribution in [0.1, 0.15) is 48.3 Å². The van der Waals surface area contributed by atoms with Gasteiger partial charge in [-0.15, -0.1) is 22.7 Å². The van der Waals surface area contributed by atoms with Crippen molar-refractivity contribution < 1.29 is 0 Å². The topological polar surface area (TPSA) is 3.24 Å². The number of benzene rings is 6. The molecule has 0 atom stereocenters. The van der Waals surface area contributed by atoms with Crippen molar-refractivity contribution in [3.8, 4) is 11.1 Å². The molecule has 3 heteroatoms. The monoisotopic (exact) mass is 757 g/mol. The maximum Gasteiger partial charge on any atom is 0.0540 e. The second-order valence-electron chi connectivity index (χ2n) is 14.2. The predicted octanol–water partition coefficient (Wildman–Crippen LogP) is 14.5. The van der Waals surface area contributed by atoms with E-state index in [9.17, 15) is 0 Å². The molecule has 0 spiro atoms. The molecule has 9 rings (SSSR count). The number of hydrogen-bond acceptors (Lipinski definition) is 3. The second-order valence-corrected chi connectivity index (χ2v) is 16.3. The fraction of sp³-hybridized carbons (Fsp3) is 0.0943. The average molecular weight is 758 g/mol. The molecule has 0 unspecified atom stereocenters. The molecular formula is C53H43NS2. The van der Waals surface area contributed by atoms with Gasteiger partial charge >= 0.3 is 0 Å². The van der Waals surface area contributed by atoms with Gasteiger partial charge in [-0.1, -0.05) is 141 Å². The van der Waals surface area contributed by atoms with Gasteiger partial charge in [-0.2, -0.15) is 0 Å². The van der Waals surface area contributed by atoms with Crippen LogP contribution in [0.5, 0.6) is 0 Å². The van der Waals surface area contributed by atoms with Crippen LogP contribution in [-0.2, 0) is 6.42 Å². The Morgan fingerprint density at radius 1 is 0.768 bits per heavy atom. The van der Waals surface area contributed by atoms with Crippen LogP contribution in [-0.4, -0.2) is 0 Å². The van der Waals surface area contributed by atoms with E-state index in [1.807, 2.05) is 28.7 Å². The molecule has 0 bridgehead atoms. The van der Waals surface area contributed by atoms with Crippen LogP contribution in [0, 0.1) is 0 Å². The molecule has 1 aliphatic rings. The molecule has 272 valence electrons. The van der Waals surface area contributed by atoms with Gasteiger partial charge in [0.1, 0.15) is 0 Å². The molecule has 0 radical (unpaired) electrons. The van der Waals surface area contributed by atoms with E-state index in [0.717, 1.165) is 36.3 Å². The van der Waals surface area contributed by atoms with E-state index in [-0.39, 0.29) is 0 Å². The minimum Gasteiger partial charge on any atom is -0.310 e. The number of nitrogens with zero attached hydrogens (tertiary/aromatic N) is 1. The van der Waals surface area contributed by atoms with Gasteiger partial charge in [0.05, 0.1) is 5.69 Å². The highest BCUT2D eigenvalue weighted by molar-refractivity contribution is 7.20. The first-order valence-corrected chi connectivity index (χ1v) is 21.2. The van der Waals surface area contributed by atoms with Gasteiger partial charge in [-0.3, -0.25) is 0 Å². The molecule has 0 fully saturated rings. The Morgan fingerprint density at radius 3 is 2.38 bits per heavy atom. The zero-order valence-electron chi connectivity index (χ0n) is 31.8. The van der Waals surface area contributed by atoms with Crippen LogP contribution in [0.15, 0.2) is 164 Å². The van der Waals surface area contributed by atoms with Crippen LogP contribution in [0.3, 0.4) is 0 Å². The number of allylic oxidation sites excluding steroid dienone is 6. The van der Waals surface area contributed by atoms with E-state index in [4.69, 9.17) is 0 Å². The van der Waals surface area contributed by atoms with Crippen molar-refractivity contribution in [2.75, 3.05) is 4.90 Å². The van der Waals surface area contributed by atoms with E-state index in [0.29, 0.717) is 0 Å². The molecule has 0 saturated carbocycles. The fourth-order valence-corrected chi connectivity index (χ4v) is 10.6. The Morgan fingerprint density at radius 2 is 1.54 bits per heavy atom. The van der Waals surface area contributed by atoms with Gasteiger partial charge in [0.15, 0.2) is 0 Å². The minimum absolute atomic E-state index is 1.01. The average Bonchev–Trinajstić information content (AvgIpc) is 3.80. The second kappa shape index (κ2) is 15.6. The largest absolute Gasteiger partial charge is 0.310 e. The maximum atomic E-state index is 4.11. The van der Waals surface area contributed by atoms with Gasteiger partial charge in [0.25, 0.3) is 0 Å². The summed E-state index contributed by atoms with van der Waals surface area (Å²) in [6, 6.07) is 47.1. The fourth-order valence-electron chi connectivity index (χ4n) is 8.13. The normalized spacial score (nSPS) is 13.7. The highest BCUT2D eigenvalue weighted by Crippen LogP contribution is 2.45. The van der Waals surface area contributed by atoms with E-state index in [1.165, 1.54) is 79.0 Å². The Bertz CT molecular complexity index is 2980. The molecule has 1 aliphatic carbocycles. The van der Waals surface area contributed by atoms with Gasteiger partial charge in [0.2, 0.25) is 0 Å². The van der Waals surface area contributed by atoms with Gasteiger partial charge in [-0.25, -0.2) is 0 Å². The molecule has 2 aromatic heterocycles. The first kappa shape index (κ1) is 35.7. The molecule has 0 N–H and O–H groups in total. The van der Waals surface area contributed by atoms with Crippen molar-refractivity contribution in [1.29, 1.82) is 0 Å². The van der Waals surface area contributed by atoms with Crippen LogP contribution in [0.4, 0.5) is 17.1 Å². The molecule has 8 aromatic rings. The third-order valence-corrected chi connectivity index (χ3v) is 13.2. The van der Waals surface area contributed by atoms with E-state index < -0.39 is 0 Å². The lowest BCUT2D eigenvalue weighted by molar-refractivity contribution is 1.01. The lowest BCUT2D eigenvalue weighted by atomic mass is 9.94. The smallest absolute Gasteiger partial charge is 0.0540 e. The Labute approximate surface area is 337 Å². The summed E-state index contributed by atoms with van der Waals surface area (Å²) in [5, 5.41) is 6.28. The number of anilines is 3. The number of fused-ring (bicyclic) bond motifs is 5. The summed E-state index contributed by atoms with van der Waals surface area (Å²) in [6.07, 6.45) is 21.0. The summed E-state index contributed by atoms with van der Waals surface area (Å²) in [6.45, 7) is 8.40. The van der Waals surface area contributed by atoms with Crippen molar-refractivity contribution in [3.63, 3.8) is 0 Å². The van der Waals surface area contributed by atoms with Crippen LogP contribution in [0.2, 0.25) is 0 Å². The van der Waals surface area contributed by atoms with Crippen LogP contribution >= 0.6 is 22.7 Å². The van der Waals surface area contributed by atoms with Crippen molar-refractivity contribution in [3.05, 3.63) is 196 Å². The molecule has 2 heterocycles. The number of hydrogen-bond donors (Lipinski definition) is 0. The summed E-state index contributed by atoms with van der Waals surface area (Å²) in [7, 11) is 0. The zero-order valence-corrected chi connectivity index (χ0v) is 33.5. The lowest BCUT2D eigenvalue weighted by Gasteiger charge is -2.28. The van der Waals surface area contributed by atoms with E-state index in [1.54, 1.807) is 0 Å². The first-order chi connectivity index (χ1) is 27.6. The minimum atomic E-state index is 1.01. The quantitative estimate of drug-likeness (QED) is 0.133. The lowest BCUT2D eigenvalue weighted by Crippen LogP contribution is -2.18. The Balaban J connectivity index is 1.31. The van der Waals surface area contributed by atoms with E-state index in [2.05, 4.69) is 195 Å². The molecular weight excluding hydrogens is 715 g/mol. The summed E-state index contributed by atoms with van der Waals surface area (Å²) in [5.74, 6) is 0. The first-order valence-electron chi connectivity index (χ1n) is 19.5. The Hall–Kier alpha value is -6.00. The van der Waals surface area contributed by atoms with Gasteiger partial charge in [0, 0.05) is 51.7 Å². The summed E-state index contributed by atoms with van der Waals surface area (Å²) in [4.78, 5) is 3.83. The number of aryl methyl sites for hydroxylation is 1. The highest BCUT2D eigenvalue weighted by atomic mass is 32.1. The summed E-state index contributed by atoms with van der Waals surface area (Å²) in [5.41, 5.74) is 11.0. The van der Waals surface area contributed by atoms with Crippen molar-refractivity contribution in [1.82, 2.24) is 0 Å². The Kier molecular flexibility index (Phi) is 9.96. The third-order valence-electron chi connectivity index (χ3n) is 10.8. The van der Waals surface area contributed by atoms with Crippen LogP contribution in [0.25, 0.3) is 65.9 Å². The van der Waals surface area contributed by atoms with E-state index >= 15 is 0 Å². The van der Waals surface area contributed by atoms with Gasteiger partial charge < -0.3 is 4.90 Å². The molecule has 1 nitrogen and oxygen atoms in total. The van der Waals surface area contributed by atoms with Crippen molar-refractivity contribution in [2.24, 2.45) is 0 Å². The van der Waals surface area contributed by atoms with Crippen molar-refractivity contribution >= 4 is 94.5 Å². The molecule has 0 aliphatic heterocycles. The molecule has 56 heavy (non-hydrogen) atoms. The molecule has 6 aromatic carbocycles.